The molecule has 4 bridgehead atoms. The lowest BCUT2D eigenvalue weighted by atomic mass is 9.49. The van der Waals surface area contributed by atoms with E-state index in [1.807, 2.05) is 28.5 Å². The minimum Gasteiger partial charge on any atom is -0.454 e. The predicted molar refractivity (Wildman–Crippen MR) is 128 cm³/mol. The molecule has 7 nitrogen and oxygen atoms in total. The monoisotopic (exact) mass is 479 g/mol. The van der Waals surface area contributed by atoms with E-state index in [0.717, 1.165) is 66.9 Å². The summed E-state index contributed by atoms with van der Waals surface area (Å²) < 4.78 is 10.8. The summed E-state index contributed by atoms with van der Waals surface area (Å²) in [6.07, 6.45) is 8.65. The van der Waals surface area contributed by atoms with Gasteiger partial charge in [0.1, 0.15) is 6.04 Å². The zero-order valence-electron chi connectivity index (χ0n) is 19.1. The van der Waals surface area contributed by atoms with Crippen LogP contribution < -0.4 is 14.8 Å². The quantitative estimate of drug-likeness (QED) is 0.688. The second-order valence-electron chi connectivity index (χ2n) is 10.9. The van der Waals surface area contributed by atoms with Crippen LogP contribution in [0.1, 0.15) is 51.4 Å². The maximum atomic E-state index is 13.9. The molecular formula is C26H29N3O4S. The predicted octanol–water partition coefficient (Wildman–Crippen LogP) is 4.68. The first-order valence-electron chi connectivity index (χ1n) is 12.5. The maximum Gasteiger partial charge on any atom is 0.248 e. The van der Waals surface area contributed by atoms with Gasteiger partial charge in [0.15, 0.2) is 16.6 Å². The molecule has 4 saturated carbocycles. The number of thiazole rings is 1. The number of hydrogen-bond acceptors (Lipinski definition) is 6. The molecule has 2 aliphatic heterocycles. The highest BCUT2D eigenvalue weighted by Crippen LogP contribution is 2.60. The molecule has 0 radical (unpaired) electrons. The van der Waals surface area contributed by atoms with Crippen molar-refractivity contribution in [2.45, 2.75) is 57.4 Å². The first kappa shape index (κ1) is 20.7. The molecule has 2 amide bonds. The number of nitrogens with one attached hydrogen (secondary N) is 1. The van der Waals surface area contributed by atoms with Crippen molar-refractivity contribution in [3.63, 3.8) is 0 Å². The molecule has 1 aromatic carbocycles. The molecule has 0 spiro atoms. The molecular weight excluding hydrogens is 450 g/mol. The number of likely N-dealkylation sites (tertiary alicyclic amines) is 1. The Morgan fingerprint density at radius 2 is 1.79 bits per heavy atom. The molecule has 34 heavy (non-hydrogen) atoms. The van der Waals surface area contributed by atoms with Gasteiger partial charge in [0, 0.05) is 17.5 Å². The van der Waals surface area contributed by atoms with Gasteiger partial charge in [-0.25, -0.2) is 4.98 Å². The first-order chi connectivity index (χ1) is 16.6. The van der Waals surface area contributed by atoms with Crippen LogP contribution in [0.2, 0.25) is 0 Å². The van der Waals surface area contributed by atoms with Crippen molar-refractivity contribution in [3.05, 3.63) is 23.6 Å². The summed E-state index contributed by atoms with van der Waals surface area (Å²) in [6.45, 7) is 0.927. The number of hydrogen-bond donors (Lipinski definition) is 1. The maximum absolute atomic E-state index is 13.9. The van der Waals surface area contributed by atoms with Crippen LogP contribution in [0.15, 0.2) is 23.6 Å². The number of anilines is 1. The molecule has 0 unspecified atom stereocenters. The Morgan fingerprint density at radius 3 is 2.56 bits per heavy atom. The summed E-state index contributed by atoms with van der Waals surface area (Å²) in [5.74, 6) is 3.74. The lowest BCUT2D eigenvalue weighted by molar-refractivity contribution is -0.160. The summed E-state index contributed by atoms with van der Waals surface area (Å²) in [4.78, 5) is 33.7. The van der Waals surface area contributed by atoms with Crippen molar-refractivity contribution in [2.75, 3.05) is 18.7 Å². The zero-order valence-corrected chi connectivity index (χ0v) is 19.9. The third-order valence-corrected chi connectivity index (χ3v) is 9.47. The first-order valence-corrected chi connectivity index (χ1v) is 13.4. The van der Waals surface area contributed by atoms with Crippen LogP contribution >= 0.6 is 11.3 Å². The molecule has 4 aliphatic carbocycles. The molecule has 2 aromatic rings. The van der Waals surface area contributed by atoms with E-state index >= 15 is 0 Å². The normalized spacial score (nSPS) is 32.9. The van der Waals surface area contributed by atoms with Crippen LogP contribution in [0.25, 0.3) is 11.3 Å². The molecule has 5 fully saturated rings. The summed E-state index contributed by atoms with van der Waals surface area (Å²) in [5.41, 5.74) is 1.50. The van der Waals surface area contributed by atoms with Gasteiger partial charge >= 0.3 is 0 Å². The highest BCUT2D eigenvalue weighted by Gasteiger charge is 2.56. The second kappa shape index (κ2) is 7.70. The molecule has 178 valence electrons. The third kappa shape index (κ3) is 3.33. The third-order valence-electron chi connectivity index (χ3n) is 8.71. The van der Waals surface area contributed by atoms with Crippen molar-refractivity contribution < 1.29 is 19.1 Å². The molecule has 1 N–H and O–H groups in total. The Labute approximate surface area is 202 Å². The molecule has 8 rings (SSSR count). The largest absolute Gasteiger partial charge is 0.454 e. The highest BCUT2D eigenvalue weighted by atomic mass is 32.1. The molecule has 1 atom stereocenters. The van der Waals surface area contributed by atoms with Crippen molar-refractivity contribution in [1.82, 2.24) is 9.88 Å². The zero-order chi connectivity index (χ0) is 22.9. The Hall–Kier alpha value is -2.61. The van der Waals surface area contributed by atoms with Crippen LogP contribution in [0, 0.1) is 23.2 Å². The minimum atomic E-state index is -0.390. The SMILES string of the molecule is O=C(Nc1nc(-c2ccc3c(c2)OCO3)cs1)[C@H]1CCCN1C(=O)C12CC3CC(CC(C3)C1)C2. The molecule has 3 heterocycles. The number of nitrogens with zero attached hydrogens (tertiary/aromatic N) is 2. The fraction of sp³-hybridized carbons (Fsp3) is 0.577. The second-order valence-corrected chi connectivity index (χ2v) is 11.8. The smallest absolute Gasteiger partial charge is 0.248 e. The van der Waals surface area contributed by atoms with Crippen LogP contribution in [-0.4, -0.2) is 41.1 Å². The number of carbonyl (C=O) groups excluding carboxylic acids is 2. The molecule has 1 saturated heterocycles. The molecule has 1 aromatic heterocycles. The van der Waals surface area contributed by atoms with Gasteiger partial charge in [0.05, 0.1) is 11.1 Å². The number of carbonyl (C=O) groups is 2. The minimum absolute atomic E-state index is 0.109. The lowest BCUT2D eigenvalue weighted by Crippen LogP contribution is -2.56. The average molecular weight is 480 g/mol. The number of aromatic nitrogens is 1. The Kier molecular flexibility index (Phi) is 4.70. The van der Waals surface area contributed by atoms with Gasteiger partial charge in [-0.3, -0.25) is 9.59 Å². The van der Waals surface area contributed by atoms with E-state index in [0.29, 0.717) is 17.4 Å². The van der Waals surface area contributed by atoms with E-state index in [9.17, 15) is 9.59 Å². The summed E-state index contributed by atoms with van der Waals surface area (Å²) >= 11 is 1.40. The number of benzene rings is 1. The Morgan fingerprint density at radius 1 is 1.06 bits per heavy atom. The van der Waals surface area contributed by atoms with E-state index in [2.05, 4.69) is 10.3 Å². The van der Waals surface area contributed by atoms with E-state index in [4.69, 9.17) is 9.47 Å². The van der Waals surface area contributed by atoms with Crippen LogP contribution in [0.5, 0.6) is 11.5 Å². The van der Waals surface area contributed by atoms with Crippen molar-refractivity contribution in [3.8, 4) is 22.8 Å². The van der Waals surface area contributed by atoms with Gasteiger partial charge in [0.2, 0.25) is 18.6 Å². The van der Waals surface area contributed by atoms with E-state index in [-0.39, 0.29) is 24.0 Å². The van der Waals surface area contributed by atoms with Crippen molar-refractivity contribution >= 4 is 28.3 Å². The Bertz CT molecular complexity index is 1130. The highest BCUT2D eigenvalue weighted by molar-refractivity contribution is 7.14. The van der Waals surface area contributed by atoms with Gasteiger partial charge in [-0.15, -0.1) is 11.3 Å². The van der Waals surface area contributed by atoms with E-state index < -0.39 is 6.04 Å². The average Bonchev–Trinajstić information content (AvgIpc) is 3.57. The topological polar surface area (TPSA) is 80.8 Å². The van der Waals surface area contributed by atoms with Crippen molar-refractivity contribution in [2.24, 2.45) is 23.2 Å². The van der Waals surface area contributed by atoms with E-state index in [1.165, 1.54) is 30.6 Å². The standard InChI is InChI=1S/C26H29N3O4S/c30-23(28-25-27-19(13-34-25)18-3-4-21-22(9-18)33-14-32-21)20-2-1-5-29(20)24(31)26-10-15-6-16(11-26)8-17(7-15)12-26/h3-4,9,13,15-17,20H,1-2,5-8,10-12,14H2,(H,27,28,30)/t15?,16?,17?,20-,26?/m1/s1. The van der Waals surface area contributed by atoms with Gasteiger partial charge in [-0.1, -0.05) is 0 Å². The number of rotatable bonds is 4. The van der Waals surface area contributed by atoms with Gasteiger partial charge < -0.3 is 19.7 Å². The fourth-order valence-electron chi connectivity index (χ4n) is 7.67. The van der Waals surface area contributed by atoms with Crippen LogP contribution in [0.4, 0.5) is 5.13 Å². The summed E-state index contributed by atoms with van der Waals surface area (Å²) in [5, 5.41) is 5.50. The molecule has 8 heteroatoms. The van der Waals surface area contributed by atoms with Crippen LogP contribution in [0.3, 0.4) is 0 Å². The number of amides is 2. The number of fused-ring (bicyclic) bond motifs is 1. The summed E-state index contributed by atoms with van der Waals surface area (Å²) in [7, 11) is 0. The fourth-order valence-corrected chi connectivity index (χ4v) is 8.39. The van der Waals surface area contributed by atoms with Gasteiger partial charge in [0.25, 0.3) is 0 Å². The molecule has 6 aliphatic rings. The lowest BCUT2D eigenvalue weighted by Gasteiger charge is -2.56. The van der Waals surface area contributed by atoms with Crippen molar-refractivity contribution in [1.29, 1.82) is 0 Å². The van der Waals surface area contributed by atoms with Gasteiger partial charge in [-0.05, 0) is 87.3 Å². The van der Waals surface area contributed by atoms with E-state index in [1.54, 1.807) is 0 Å². The number of ether oxygens (including phenoxy) is 2. The summed E-state index contributed by atoms with van der Waals surface area (Å²) in [6, 6.07) is 5.34. The van der Waals surface area contributed by atoms with Crippen LogP contribution in [-0.2, 0) is 9.59 Å². The van der Waals surface area contributed by atoms with Gasteiger partial charge in [-0.2, -0.15) is 0 Å². The Balaban J connectivity index is 1.06.